The molecule has 4 aromatic carbocycles. The summed E-state index contributed by atoms with van der Waals surface area (Å²) in [7, 11) is 2.99. The number of phenolic OH excluding ortho intramolecular Hbond substituents is 3. The van der Waals surface area contributed by atoms with E-state index in [2.05, 4.69) is 0 Å². The number of benzene rings is 4. The molecule has 9 nitrogen and oxygen atoms in total. The third-order valence-electron chi connectivity index (χ3n) is 6.33. The van der Waals surface area contributed by atoms with Gasteiger partial charge in [0.25, 0.3) is 0 Å². The van der Waals surface area contributed by atoms with Gasteiger partial charge in [-0.3, -0.25) is 9.59 Å². The summed E-state index contributed by atoms with van der Waals surface area (Å²) in [5, 5.41) is 29.3. The Kier molecular flexibility index (Phi) is 7.34. The number of hydrogen-bond donors (Lipinski definition) is 3. The minimum absolute atomic E-state index is 0.0671. The van der Waals surface area contributed by atoms with Gasteiger partial charge in [-0.15, -0.1) is 0 Å². The molecular weight excluding hydrogens is 528 g/mol. The van der Waals surface area contributed by atoms with Gasteiger partial charge in [-0.25, -0.2) is 0 Å². The Balaban J connectivity index is 0.000000166. The molecule has 0 saturated carbocycles. The largest absolute Gasteiger partial charge is 0.508 e. The maximum absolute atomic E-state index is 12.6. The summed E-state index contributed by atoms with van der Waals surface area (Å²) in [6.45, 7) is 0. The molecule has 6 rings (SSSR count). The third-order valence-corrected chi connectivity index (χ3v) is 6.33. The lowest BCUT2D eigenvalue weighted by Gasteiger charge is -2.08. The van der Waals surface area contributed by atoms with Crippen LogP contribution in [-0.4, -0.2) is 29.5 Å². The average Bonchev–Trinajstić information content (AvgIpc) is 2.97. The van der Waals surface area contributed by atoms with Crippen molar-refractivity contribution in [3.63, 3.8) is 0 Å². The highest BCUT2D eigenvalue weighted by Crippen LogP contribution is 2.34. The van der Waals surface area contributed by atoms with Crippen molar-refractivity contribution in [2.75, 3.05) is 14.2 Å². The maximum atomic E-state index is 12.6. The number of rotatable bonds is 4. The van der Waals surface area contributed by atoms with E-state index in [1.165, 1.54) is 37.6 Å². The fourth-order valence-electron chi connectivity index (χ4n) is 4.33. The number of methoxy groups -OCH3 is 2. The van der Waals surface area contributed by atoms with Crippen molar-refractivity contribution < 1.29 is 33.6 Å². The van der Waals surface area contributed by atoms with Crippen LogP contribution in [0.4, 0.5) is 0 Å². The Labute approximate surface area is 232 Å². The lowest BCUT2D eigenvalue weighted by Crippen LogP contribution is -2.05. The zero-order chi connectivity index (χ0) is 29.1. The van der Waals surface area contributed by atoms with E-state index in [4.69, 9.17) is 18.3 Å². The first-order chi connectivity index (χ1) is 19.8. The predicted molar refractivity (Wildman–Crippen MR) is 154 cm³/mol. The third kappa shape index (κ3) is 5.28. The first-order valence-corrected chi connectivity index (χ1v) is 12.3. The van der Waals surface area contributed by atoms with Gasteiger partial charge in [0.05, 0.1) is 25.2 Å². The van der Waals surface area contributed by atoms with Gasteiger partial charge in [0.1, 0.15) is 40.2 Å². The van der Waals surface area contributed by atoms with E-state index in [-0.39, 0.29) is 50.4 Å². The minimum atomic E-state index is -0.349. The molecule has 0 bridgehead atoms. The first-order valence-electron chi connectivity index (χ1n) is 12.3. The summed E-state index contributed by atoms with van der Waals surface area (Å²) in [6, 6.07) is 23.0. The van der Waals surface area contributed by atoms with E-state index in [9.17, 15) is 24.9 Å². The van der Waals surface area contributed by atoms with Crippen molar-refractivity contribution in [1.29, 1.82) is 0 Å². The van der Waals surface area contributed by atoms with Crippen LogP contribution in [0.15, 0.2) is 110 Å². The molecule has 0 spiro atoms. The topological polar surface area (TPSA) is 140 Å². The summed E-state index contributed by atoms with van der Waals surface area (Å²) in [5.74, 6) is 0.733. The molecule has 0 unspecified atom stereocenters. The van der Waals surface area contributed by atoms with E-state index in [0.29, 0.717) is 22.5 Å². The monoisotopic (exact) mass is 552 g/mol. The van der Waals surface area contributed by atoms with Gasteiger partial charge in [-0.05, 0) is 29.8 Å². The lowest BCUT2D eigenvalue weighted by atomic mass is 10.1. The van der Waals surface area contributed by atoms with Crippen molar-refractivity contribution in [1.82, 2.24) is 0 Å². The molecule has 206 valence electrons. The normalized spacial score (nSPS) is 10.7. The molecule has 0 amide bonds. The summed E-state index contributed by atoms with van der Waals surface area (Å²) in [6.07, 6.45) is 1.37. The highest BCUT2D eigenvalue weighted by atomic mass is 16.5. The van der Waals surface area contributed by atoms with Gasteiger partial charge < -0.3 is 33.6 Å². The van der Waals surface area contributed by atoms with Crippen molar-refractivity contribution in [3.8, 4) is 51.2 Å². The van der Waals surface area contributed by atoms with Crippen LogP contribution in [0.5, 0.6) is 28.7 Å². The van der Waals surface area contributed by atoms with Crippen molar-refractivity contribution in [2.24, 2.45) is 0 Å². The zero-order valence-electron chi connectivity index (χ0n) is 22.0. The van der Waals surface area contributed by atoms with Crippen LogP contribution >= 0.6 is 0 Å². The van der Waals surface area contributed by atoms with E-state index in [1.54, 1.807) is 31.4 Å². The van der Waals surface area contributed by atoms with E-state index in [1.807, 2.05) is 30.3 Å². The van der Waals surface area contributed by atoms with Crippen LogP contribution in [0.1, 0.15) is 0 Å². The molecule has 0 aliphatic rings. The molecule has 6 aromatic rings. The smallest absolute Gasteiger partial charge is 0.204 e. The van der Waals surface area contributed by atoms with Crippen LogP contribution in [0.25, 0.3) is 44.4 Å². The molecule has 0 radical (unpaired) electrons. The molecule has 0 atom stereocenters. The Hall–Kier alpha value is -5.70. The standard InChI is InChI=1S/C17H14O5.C15H10O4/c1-20-11-5-3-10(4-6-11)13-9-22-16-12(15(13)19)7-8-14(18)17(16)21-2;16-10-6-11(17)15-12(18)8-13(19-14(15)7-10)9-4-2-1-3-5-9/h3-9,18H,1-2H3;1-8,16-17H. The molecule has 0 fully saturated rings. The van der Waals surface area contributed by atoms with Crippen LogP contribution in [0.3, 0.4) is 0 Å². The molecule has 41 heavy (non-hydrogen) atoms. The molecule has 2 heterocycles. The Bertz CT molecular complexity index is 1970. The van der Waals surface area contributed by atoms with Gasteiger partial charge in [-0.1, -0.05) is 42.5 Å². The number of phenols is 3. The lowest BCUT2D eigenvalue weighted by molar-refractivity contribution is 0.370. The van der Waals surface area contributed by atoms with Crippen LogP contribution in [0, 0.1) is 0 Å². The fourth-order valence-corrected chi connectivity index (χ4v) is 4.33. The summed E-state index contributed by atoms with van der Waals surface area (Å²) in [4.78, 5) is 24.6. The van der Waals surface area contributed by atoms with Crippen molar-refractivity contribution in [2.45, 2.75) is 0 Å². The molecule has 3 N–H and O–H groups in total. The Morgan fingerprint density at radius 3 is 2.15 bits per heavy atom. The van der Waals surface area contributed by atoms with E-state index >= 15 is 0 Å². The second-order valence-corrected chi connectivity index (χ2v) is 8.88. The number of hydrogen-bond acceptors (Lipinski definition) is 9. The van der Waals surface area contributed by atoms with Gasteiger partial charge >= 0.3 is 0 Å². The van der Waals surface area contributed by atoms with Crippen LogP contribution in [-0.2, 0) is 0 Å². The van der Waals surface area contributed by atoms with Gasteiger partial charge in [0.15, 0.2) is 16.8 Å². The molecule has 0 aliphatic heterocycles. The van der Waals surface area contributed by atoms with Crippen LogP contribution < -0.4 is 20.3 Å². The Morgan fingerprint density at radius 2 is 1.46 bits per heavy atom. The van der Waals surface area contributed by atoms with Gasteiger partial charge in [0, 0.05) is 23.8 Å². The van der Waals surface area contributed by atoms with Crippen LogP contribution in [0.2, 0.25) is 0 Å². The zero-order valence-corrected chi connectivity index (χ0v) is 22.0. The molecular formula is C32H24O9. The summed E-state index contributed by atoms with van der Waals surface area (Å²) in [5.41, 5.74) is 1.76. The fraction of sp³-hybridized carbons (Fsp3) is 0.0625. The van der Waals surface area contributed by atoms with Crippen molar-refractivity contribution >= 4 is 21.9 Å². The summed E-state index contributed by atoms with van der Waals surface area (Å²) >= 11 is 0. The second-order valence-electron chi connectivity index (χ2n) is 8.88. The molecule has 9 heteroatoms. The number of ether oxygens (including phenoxy) is 2. The highest BCUT2D eigenvalue weighted by Gasteiger charge is 2.15. The van der Waals surface area contributed by atoms with Crippen molar-refractivity contribution in [3.05, 3.63) is 112 Å². The average molecular weight is 553 g/mol. The first kappa shape index (κ1) is 26.9. The summed E-state index contributed by atoms with van der Waals surface area (Å²) < 4.78 is 21.3. The maximum Gasteiger partial charge on any atom is 0.204 e. The van der Waals surface area contributed by atoms with Gasteiger partial charge in [0.2, 0.25) is 11.2 Å². The molecule has 2 aromatic heterocycles. The SMILES string of the molecule is COc1ccc(-c2coc3c(OC)c(O)ccc3c2=O)cc1.O=c1cc(-c2ccccc2)oc2cc(O)cc(O)c12. The molecule has 0 saturated heterocycles. The Morgan fingerprint density at radius 1 is 0.732 bits per heavy atom. The minimum Gasteiger partial charge on any atom is -0.508 e. The van der Waals surface area contributed by atoms with E-state index < -0.39 is 0 Å². The highest BCUT2D eigenvalue weighted by molar-refractivity contribution is 5.88. The molecule has 0 aliphatic carbocycles. The predicted octanol–water partition coefficient (Wildman–Crippen LogP) is 6.05. The second kappa shape index (κ2) is 11.2. The van der Waals surface area contributed by atoms with Gasteiger partial charge in [-0.2, -0.15) is 0 Å². The van der Waals surface area contributed by atoms with E-state index in [0.717, 1.165) is 17.2 Å². The number of aromatic hydroxyl groups is 3. The number of fused-ring (bicyclic) bond motifs is 2. The quantitative estimate of drug-likeness (QED) is 0.238.